The van der Waals surface area contributed by atoms with Crippen LogP contribution in [-0.4, -0.2) is 27.2 Å². The molecule has 150 valence electrons. The third-order valence-corrected chi connectivity index (χ3v) is 4.91. The molecular formula is C20H20BrN5O3. The van der Waals surface area contributed by atoms with E-state index in [1.54, 1.807) is 29.9 Å². The quantitative estimate of drug-likeness (QED) is 0.401. The van der Waals surface area contributed by atoms with Gasteiger partial charge in [0.2, 0.25) is 5.91 Å². The number of para-hydroxylation sites is 2. The molecule has 0 fully saturated rings. The Morgan fingerprint density at radius 2 is 1.90 bits per heavy atom. The summed E-state index contributed by atoms with van der Waals surface area (Å²) in [6.07, 6.45) is 0.149. The molecule has 29 heavy (non-hydrogen) atoms. The summed E-state index contributed by atoms with van der Waals surface area (Å²) in [5.74, 6) is 0.401. The number of amides is 1. The largest absolute Gasteiger partial charge is 0.379 e. The zero-order valence-electron chi connectivity index (χ0n) is 16.0. The fraction of sp³-hybridized carbons (Fsp3) is 0.200. The van der Waals surface area contributed by atoms with E-state index in [9.17, 15) is 14.9 Å². The van der Waals surface area contributed by atoms with Crippen molar-refractivity contribution in [2.24, 2.45) is 7.05 Å². The molecule has 0 unspecified atom stereocenters. The average molecular weight is 458 g/mol. The Hall–Kier alpha value is -3.20. The van der Waals surface area contributed by atoms with Crippen molar-refractivity contribution in [3.63, 3.8) is 0 Å². The third-order valence-electron chi connectivity index (χ3n) is 4.38. The molecule has 0 aliphatic rings. The number of nitrogens with one attached hydrogen (secondary N) is 2. The van der Waals surface area contributed by atoms with E-state index < -0.39 is 4.92 Å². The van der Waals surface area contributed by atoms with Gasteiger partial charge in [-0.05, 0) is 30.7 Å². The summed E-state index contributed by atoms with van der Waals surface area (Å²) in [6.45, 7) is 2.16. The Labute approximate surface area is 176 Å². The number of nitro groups is 1. The lowest BCUT2D eigenvalue weighted by Gasteiger charge is -2.10. The van der Waals surface area contributed by atoms with Gasteiger partial charge in [-0.15, -0.1) is 0 Å². The van der Waals surface area contributed by atoms with E-state index >= 15 is 0 Å². The van der Waals surface area contributed by atoms with Crippen molar-refractivity contribution >= 4 is 39.0 Å². The molecule has 8 nitrogen and oxygen atoms in total. The molecule has 0 saturated heterocycles. The Kier molecular flexibility index (Phi) is 6.28. The van der Waals surface area contributed by atoms with Crippen molar-refractivity contribution in [3.8, 4) is 11.1 Å². The Bertz CT molecular complexity index is 1050. The van der Waals surface area contributed by atoms with E-state index in [4.69, 9.17) is 0 Å². The molecule has 0 saturated carbocycles. The van der Waals surface area contributed by atoms with E-state index in [-0.39, 0.29) is 24.6 Å². The van der Waals surface area contributed by atoms with Gasteiger partial charge in [-0.25, -0.2) is 0 Å². The first-order chi connectivity index (χ1) is 13.9. The predicted octanol–water partition coefficient (Wildman–Crippen LogP) is 4.51. The van der Waals surface area contributed by atoms with Crippen LogP contribution in [0.4, 0.5) is 17.2 Å². The highest BCUT2D eigenvalue weighted by Gasteiger charge is 2.18. The maximum atomic E-state index is 12.5. The van der Waals surface area contributed by atoms with Crippen molar-refractivity contribution in [1.29, 1.82) is 0 Å². The van der Waals surface area contributed by atoms with Crippen molar-refractivity contribution in [3.05, 3.63) is 68.8 Å². The number of anilines is 2. The number of carbonyl (C=O) groups excluding carboxylic acids is 1. The fourth-order valence-electron chi connectivity index (χ4n) is 3.05. The molecule has 9 heteroatoms. The molecule has 3 aromatic rings. The van der Waals surface area contributed by atoms with Gasteiger partial charge in [0.1, 0.15) is 11.5 Å². The smallest absolute Gasteiger partial charge is 0.292 e. The first-order valence-electron chi connectivity index (χ1n) is 8.93. The Morgan fingerprint density at radius 3 is 2.59 bits per heavy atom. The lowest BCUT2D eigenvalue weighted by atomic mass is 10.1. The molecule has 0 aliphatic carbocycles. The van der Waals surface area contributed by atoms with Crippen LogP contribution in [0.5, 0.6) is 0 Å². The van der Waals surface area contributed by atoms with Crippen LogP contribution in [0.3, 0.4) is 0 Å². The summed E-state index contributed by atoms with van der Waals surface area (Å²) in [4.78, 5) is 23.1. The van der Waals surface area contributed by atoms with Crippen molar-refractivity contribution in [1.82, 2.24) is 9.78 Å². The first-order valence-corrected chi connectivity index (χ1v) is 9.73. The van der Waals surface area contributed by atoms with E-state index in [2.05, 4.69) is 31.7 Å². The number of nitro benzene ring substituents is 1. The lowest BCUT2D eigenvalue weighted by Crippen LogP contribution is -2.18. The number of hydrogen-bond donors (Lipinski definition) is 2. The first kappa shape index (κ1) is 20.5. The lowest BCUT2D eigenvalue weighted by molar-refractivity contribution is -0.384. The van der Waals surface area contributed by atoms with E-state index in [1.807, 2.05) is 31.2 Å². The zero-order chi connectivity index (χ0) is 21.0. The number of benzene rings is 2. The second-order valence-electron chi connectivity index (χ2n) is 6.44. The number of aryl methyl sites for hydroxylation is 2. The van der Waals surface area contributed by atoms with Gasteiger partial charge in [-0.3, -0.25) is 19.6 Å². The van der Waals surface area contributed by atoms with Gasteiger partial charge < -0.3 is 10.6 Å². The van der Waals surface area contributed by atoms with Gasteiger partial charge in [0.15, 0.2) is 0 Å². The normalized spacial score (nSPS) is 10.6. The Balaban J connectivity index is 1.69. The minimum absolute atomic E-state index is 0.0207. The maximum absolute atomic E-state index is 12.5. The van der Waals surface area contributed by atoms with Crippen LogP contribution < -0.4 is 10.6 Å². The van der Waals surface area contributed by atoms with E-state index in [1.165, 1.54) is 6.07 Å². The monoisotopic (exact) mass is 457 g/mol. The van der Waals surface area contributed by atoms with Crippen molar-refractivity contribution in [2.75, 3.05) is 17.2 Å². The van der Waals surface area contributed by atoms with Gasteiger partial charge in [-0.2, -0.15) is 5.10 Å². The highest BCUT2D eigenvalue weighted by Crippen LogP contribution is 2.32. The topological polar surface area (TPSA) is 102 Å². The number of rotatable bonds is 7. The molecule has 2 N–H and O–H groups in total. The second-order valence-corrected chi connectivity index (χ2v) is 7.35. The molecule has 1 aromatic heterocycles. The summed E-state index contributed by atoms with van der Waals surface area (Å²) in [5.41, 5.74) is 2.99. The van der Waals surface area contributed by atoms with Crippen LogP contribution in [0.1, 0.15) is 12.1 Å². The maximum Gasteiger partial charge on any atom is 0.292 e. The predicted molar refractivity (Wildman–Crippen MR) is 116 cm³/mol. The van der Waals surface area contributed by atoms with E-state index in [0.717, 1.165) is 21.3 Å². The van der Waals surface area contributed by atoms with Gasteiger partial charge >= 0.3 is 0 Å². The van der Waals surface area contributed by atoms with Crippen LogP contribution in [0.25, 0.3) is 11.1 Å². The minimum Gasteiger partial charge on any atom is -0.379 e. The number of carbonyl (C=O) groups is 1. The molecule has 0 atom stereocenters. The van der Waals surface area contributed by atoms with Gasteiger partial charge in [0.05, 0.1) is 10.6 Å². The number of halogens is 1. The molecule has 2 aromatic carbocycles. The summed E-state index contributed by atoms with van der Waals surface area (Å²) in [7, 11) is 1.77. The van der Waals surface area contributed by atoms with Crippen LogP contribution in [-0.2, 0) is 11.8 Å². The molecule has 0 bridgehead atoms. The Morgan fingerprint density at radius 1 is 1.21 bits per heavy atom. The number of hydrogen-bond acceptors (Lipinski definition) is 5. The average Bonchev–Trinajstić information content (AvgIpc) is 2.96. The highest BCUT2D eigenvalue weighted by molar-refractivity contribution is 9.10. The molecule has 0 spiro atoms. The third kappa shape index (κ3) is 4.80. The molecule has 1 heterocycles. The van der Waals surface area contributed by atoms with Gasteiger partial charge in [0, 0.05) is 36.1 Å². The summed E-state index contributed by atoms with van der Waals surface area (Å²) in [5, 5.41) is 21.4. The molecule has 1 amide bonds. The van der Waals surface area contributed by atoms with Crippen LogP contribution in [0.2, 0.25) is 0 Å². The SMILES string of the molecule is Cc1nn(C)c(NC(=O)CCNc2ccccc2[N+](=O)[O-])c1-c1ccc(Br)cc1. The fourth-order valence-corrected chi connectivity index (χ4v) is 3.32. The standard InChI is InChI=1S/C20H20BrN5O3/c1-13-19(14-7-9-15(21)10-8-14)20(25(2)24-13)23-18(27)11-12-22-16-5-3-4-6-17(16)26(28)29/h3-10,22H,11-12H2,1-2H3,(H,23,27). The number of aromatic nitrogens is 2. The highest BCUT2D eigenvalue weighted by atomic mass is 79.9. The molecule has 0 aliphatic heterocycles. The van der Waals surface area contributed by atoms with Gasteiger partial charge in [0.25, 0.3) is 5.69 Å². The summed E-state index contributed by atoms with van der Waals surface area (Å²) < 4.78 is 2.61. The van der Waals surface area contributed by atoms with E-state index in [0.29, 0.717) is 11.5 Å². The summed E-state index contributed by atoms with van der Waals surface area (Å²) >= 11 is 3.42. The summed E-state index contributed by atoms with van der Waals surface area (Å²) in [6, 6.07) is 14.1. The molecule has 3 rings (SSSR count). The van der Waals surface area contributed by atoms with Crippen LogP contribution in [0, 0.1) is 17.0 Å². The van der Waals surface area contributed by atoms with Crippen molar-refractivity contribution < 1.29 is 9.72 Å². The number of nitrogens with zero attached hydrogens (tertiary/aromatic N) is 3. The zero-order valence-corrected chi connectivity index (χ0v) is 17.6. The van der Waals surface area contributed by atoms with Crippen LogP contribution in [0.15, 0.2) is 53.0 Å². The molecule has 0 radical (unpaired) electrons. The minimum atomic E-state index is -0.453. The van der Waals surface area contributed by atoms with Crippen molar-refractivity contribution in [2.45, 2.75) is 13.3 Å². The van der Waals surface area contributed by atoms with Gasteiger partial charge in [-0.1, -0.05) is 40.2 Å². The molecular weight excluding hydrogens is 438 g/mol. The van der Waals surface area contributed by atoms with Crippen LogP contribution >= 0.6 is 15.9 Å². The second kappa shape index (κ2) is 8.87.